The van der Waals surface area contributed by atoms with Crippen molar-refractivity contribution in [3.63, 3.8) is 0 Å². The van der Waals surface area contributed by atoms with E-state index in [2.05, 4.69) is 10.3 Å². The van der Waals surface area contributed by atoms with Gasteiger partial charge in [-0.25, -0.2) is 9.59 Å². The normalized spacial score (nSPS) is 16.1. The van der Waals surface area contributed by atoms with E-state index < -0.39 is 11.2 Å². The molecule has 3 amide bonds. The molecule has 1 aromatic carbocycles. The molecule has 1 N–H and O–H groups in total. The van der Waals surface area contributed by atoms with Gasteiger partial charge in [0.05, 0.1) is 5.56 Å². The van der Waals surface area contributed by atoms with Gasteiger partial charge in [-0.15, -0.1) is 0 Å². The molecule has 4 heterocycles. The van der Waals surface area contributed by atoms with Crippen LogP contribution in [0.2, 0.25) is 0 Å². The molecule has 10 nitrogen and oxygen atoms in total. The summed E-state index contributed by atoms with van der Waals surface area (Å²) in [5.74, 6) is -0.193. The number of nitrogens with zero attached hydrogens (tertiary/aromatic N) is 5. The molecule has 10 heteroatoms. The molecule has 1 saturated heterocycles. The number of nitrogens with one attached hydrogen (secondary N) is 1. The van der Waals surface area contributed by atoms with Gasteiger partial charge in [0, 0.05) is 62.6 Å². The zero-order valence-electron chi connectivity index (χ0n) is 21.9. The van der Waals surface area contributed by atoms with Crippen LogP contribution in [0.25, 0.3) is 11.1 Å². The number of amides is 3. The number of carbonyl (C=O) groups excluding carboxylic acids is 2. The molecule has 0 spiro atoms. The highest BCUT2D eigenvalue weighted by atomic mass is 16.2. The number of aryl methyl sites for hydroxylation is 1. The van der Waals surface area contributed by atoms with Gasteiger partial charge in [0.2, 0.25) is 5.91 Å². The van der Waals surface area contributed by atoms with E-state index in [-0.39, 0.29) is 24.5 Å². The lowest BCUT2D eigenvalue weighted by Gasteiger charge is -2.38. The SMILES string of the molecule is Cc1cncc(-c2cn(CC(=O)N3CCC(N4CCc5ccccc5NC4=O)CC3)c(=O)n(C)c2=O)c1C. The second-order valence-electron chi connectivity index (χ2n) is 10.1. The minimum atomic E-state index is -0.541. The van der Waals surface area contributed by atoms with Crippen molar-refractivity contribution in [3.05, 3.63) is 80.4 Å². The summed E-state index contributed by atoms with van der Waals surface area (Å²) in [6, 6.07) is 7.77. The predicted octanol–water partition coefficient (Wildman–Crippen LogP) is 2.31. The number of hydrogen-bond acceptors (Lipinski definition) is 5. The van der Waals surface area contributed by atoms with Crippen LogP contribution >= 0.6 is 0 Å². The number of likely N-dealkylation sites (tertiary alicyclic amines) is 1. The Kier molecular flexibility index (Phi) is 6.88. The van der Waals surface area contributed by atoms with Crippen molar-refractivity contribution in [2.24, 2.45) is 7.05 Å². The minimum Gasteiger partial charge on any atom is -0.341 e. The Balaban J connectivity index is 1.28. The Bertz CT molecular complexity index is 1520. The number of anilines is 1. The summed E-state index contributed by atoms with van der Waals surface area (Å²) in [4.78, 5) is 59.7. The van der Waals surface area contributed by atoms with Crippen LogP contribution in [0, 0.1) is 13.8 Å². The highest BCUT2D eigenvalue weighted by Gasteiger charge is 2.31. The molecule has 0 radical (unpaired) electrons. The maximum atomic E-state index is 13.2. The topological polar surface area (TPSA) is 110 Å². The summed E-state index contributed by atoms with van der Waals surface area (Å²) in [5, 5.41) is 3.01. The molecule has 0 aliphatic carbocycles. The molecule has 2 aliphatic rings. The molecule has 0 bridgehead atoms. The molecule has 5 rings (SSSR count). The average molecular weight is 517 g/mol. The van der Waals surface area contributed by atoms with Gasteiger partial charge in [-0.05, 0) is 55.9 Å². The summed E-state index contributed by atoms with van der Waals surface area (Å²) in [7, 11) is 1.42. The second kappa shape index (κ2) is 10.3. The van der Waals surface area contributed by atoms with Crippen LogP contribution in [0.5, 0.6) is 0 Å². The number of piperidine rings is 1. The Hall–Kier alpha value is -4.21. The van der Waals surface area contributed by atoms with Gasteiger partial charge >= 0.3 is 11.7 Å². The smallest absolute Gasteiger partial charge is 0.331 e. The summed E-state index contributed by atoms with van der Waals surface area (Å²) >= 11 is 0. The minimum absolute atomic E-state index is 0.0389. The molecule has 1 fully saturated rings. The highest BCUT2D eigenvalue weighted by Crippen LogP contribution is 2.25. The number of hydrogen-bond donors (Lipinski definition) is 1. The maximum Gasteiger partial charge on any atom is 0.331 e. The lowest BCUT2D eigenvalue weighted by Crippen LogP contribution is -2.51. The Labute approximate surface area is 220 Å². The summed E-state index contributed by atoms with van der Waals surface area (Å²) in [6.45, 7) is 5.27. The van der Waals surface area contributed by atoms with Crippen LogP contribution in [-0.2, 0) is 24.8 Å². The third-order valence-corrected chi connectivity index (χ3v) is 7.82. The van der Waals surface area contributed by atoms with Crippen molar-refractivity contribution in [1.29, 1.82) is 0 Å². The lowest BCUT2D eigenvalue weighted by atomic mass is 10.0. The first-order valence-electron chi connectivity index (χ1n) is 12.9. The molecule has 0 unspecified atom stereocenters. The Morgan fingerprint density at radius 3 is 2.53 bits per heavy atom. The molecule has 0 saturated carbocycles. The van der Waals surface area contributed by atoms with E-state index in [1.807, 2.05) is 43.0 Å². The Morgan fingerprint density at radius 1 is 1.03 bits per heavy atom. The molecule has 198 valence electrons. The quantitative estimate of drug-likeness (QED) is 0.572. The number of para-hydroxylation sites is 1. The fraction of sp³-hybridized carbons (Fsp3) is 0.393. The monoisotopic (exact) mass is 516 g/mol. The zero-order chi connectivity index (χ0) is 27.0. The van der Waals surface area contributed by atoms with Crippen LogP contribution in [0.15, 0.2) is 52.4 Å². The molecule has 3 aromatic rings. The third-order valence-electron chi connectivity index (χ3n) is 7.82. The number of pyridine rings is 1. The van der Waals surface area contributed by atoms with Gasteiger partial charge in [-0.1, -0.05) is 18.2 Å². The van der Waals surface area contributed by atoms with Crippen LogP contribution < -0.4 is 16.6 Å². The summed E-state index contributed by atoms with van der Waals surface area (Å²) < 4.78 is 2.33. The van der Waals surface area contributed by atoms with Crippen molar-refractivity contribution < 1.29 is 9.59 Å². The van der Waals surface area contributed by atoms with Crippen molar-refractivity contribution in [1.82, 2.24) is 23.9 Å². The summed E-state index contributed by atoms with van der Waals surface area (Å²) in [5.41, 5.74) is 3.82. The van der Waals surface area contributed by atoms with E-state index in [0.29, 0.717) is 43.6 Å². The number of urea groups is 1. The van der Waals surface area contributed by atoms with Gasteiger partial charge in [-0.2, -0.15) is 0 Å². The molecule has 0 atom stereocenters. The van der Waals surface area contributed by atoms with Crippen molar-refractivity contribution >= 4 is 17.6 Å². The van der Waals surface area contributed by atoms with Crippen molar-refractivity contribution in [3.8, 4) is 11.1 Å². The number of carbonyl (C=O) groups is 2. The van der Waals surface area contributed by atoms with Crippen molar-refractivity contribution in [2.45, 2.75) is 45.7 Å². The van der Waals surface area contributed by atoms with E-state index in [9.17, 15) is 19.2 Å². The first-order chi connectivity index (χ1) is 18.2. The standard InChI is InChI=1S/C28H32N6O4/c1-18-14-29-15-22(19(18)2)23-16-33(28(38)31(3)26(23)36)17-25(35)32-11-9-21(10-12-32)34-13-8-20-6-4-5-7-24(20)30-27(34)37/h4-7,14-16,21H,8-13,17H2,1-3H3,(H,30,37). The molecular formula is C28H32N6O4. The van der Waals surface area contributed by atoms with Crippen LogP contribution in [-0.4, -0.2) is 61.5 Å². The maximum absolute atomic E-state index is 13.2. The number of aromatic nitrogens is 3. The molecule has 2 aliphatic heterocycles. The van der Waals surface area contributed by atoms with Crippen LogP contribution in [0.3, 0.4) is 0 Å². The first-order valence-corrected chi connectivity index (χ1v) is 12.9. The lowest BCUT2D eigenvalue weighted by molar-refractivity contribution is -0.133. The average Bonchev–Trinajstić information content (AvgIpc) is 3.09. The van der Waals surface area contributed by atoms with Gasteiger partial charge in [0.1, 0.15) is 6.54 Å². The largest absolute Gasteiger partial charge is 0.341 e. The number of fused-ring (bicyclic) bond motifs is 1. The number of benzene rings is 1. The molecular weight excluding hydrogens is 484 g/mol. The first kappa shape index (κ1) is 25.4. The van der Waals surface area contributed by atoms with Gasteiger partial charge in [0.25, 0.3) is 5.56 Å². The van der Waals surface area contributed by atoms with Gasteiger partial charge in [-0.3, -0.25) is 23.7 Å². The molecule has 38 heavy (non-hydrogen) atoms. The van der Waals surface area contributed by atoms with E-state index in [0.717, 1.165) is 33.4 Å². The second-order valence-corrected chi connectivity index (χ2v) is 10.1. The summed E-state index contributed by atoms with van der Waals surface area (Å²) in [6.07, 6.45) is 6.91. The van der Waals surface area contributed by atoms with E-state index in [4.69, 9.17) is 0 Å². The van der Waals surface area contributed by atoms with Crippen LogP contribution in [0.1, 0.15) is 29.5 Å². The van der Waals surface area contributed by atoms with E-state index in [1.54, 1.807) is 17.3 Å². The third kappa shape index (κ3) is 4.73. The molecule has 2 aromatic heterocycles. The van der Waals surface area contributed by atoms with Crippen LogP contribution in [0.4, 0.5) is 10.5 Å². The van der Waals surface area contributed by atoms with E-state index in [1.165, 1.54) is 17.8 Å². The fourth-order valence-corrected chi connectivity index (χ4v) is 5.34. The Morgan fingerprint density at radius 2 is 1.76 bits per heavy atom. The van der Waals surface area contributed by atoms with Gasteiger partial charge in [0.15, 0.2) is 0 Å². The van der Waals surface area contributed by atoms with E-state index >= 15 is 0 Å². The number of rotatable bonds is 4. The fourth-order valence-electron chi connectivity index (χ4n) is 5.34. The predicted molar refractivity (Wildman–Crippen MR) is 144 cm³/mol. The zero-order valence-corrected chi connectivity index (χ0v) is 21.9. The highest BCUT2D eigenvalue weighted by molar-refractivity contribution is 5.91. The van der Waals surface area contributed by atoms with Gasteiger partial charge < -0.3 is 15.1 Å². The van der Waals surface area contributed by atoms with Crippen molar-refractivity contribution in [2.75, 3.05) is 25.0 Å².